The molecule has 0 aliphatic heterocycles. The molecule has 0 bridgehead atoms. The van der Waals surface area contributed by atoms with Gasteiger partial charge in [0, 0.05) is 11.9 Å². The van der Waals surface area contributed by atoms with Gasteiger partial charge < -0.3 is 15.4 Å². The fourth-order valence-electron chi connectivity index (χ4n) is 2.88. The number of aromatic nitrogens is 2. The van der Waals surface area contributed by atoms with E-state index in [-0.39, 0.29) is 0 Å². The van der Waals surface area contributed by atoms with E-state index in [0.29, 0.717) is 17.5 Å². The van der Waals surface area contributed by atoms with E-state index in [2.05, 4.69) is 20.6 Å². The third-order valence-electron chi connectivity index (χ3n) is 4.34. The number of nitrogens with zero attached hydrogens (tertiary/aromatic N) is 2. The molecule has 4 aromatic rings. The molecule has 0 fully saturated rings. The van der Waals surface area contributed by atoms with Crippen LogP contribution in [-0.2, 0) is 6.54 Å². The number of rotatable bonds is 6. The number of para-hydroxylation sites is 2. The predicted octanol–water partition coefficient (Wildman–Crippen LogP) is 5.65. The van der Waals surface area contributed by atoms with Crippen LogP contribution < -0.4 is 15.4 Å². The quantitative estimate of drug-likeness (QED) is 0.445. The number of anilines is 3. The summed E-state index contributed by atoms with van der Waals surface area (Å²) in [6.07, 6.45) is 0. The van der Waals surface area contributed by atoms with Gasteiger partial charge in [0.15, 0.2) is 0 Å². The monoisotopic (exact) mass is 390 g/mol. The smallest absolute Gasteiger partial charge is 0.229 e. The molecule has 0 unspecified atom stereocenters. The molecule has 0 aliphatic carbocycles. The Hall–Kier alpha value is -3.31. The van der Waals surface area contributed by atoms with Gasteiger partial charge in [-0.2, -0.15) is 4.98 Å². The van der Waals surface area contributed by atoms with Crippen LogP contribution in [0.5, 0.6) is 5.75 Å². The standard InChI is InChI=1S/C22H19ClN4O/c1-28-16-12-10-15(11-13-16)14-24-21-17-6-2-4-8-19(17)25-22(27-21)26-20-9-5-3-7-18(20)23/h2-13H,14H2,1H3,(H2,24,25,26,27). The summed E-state index contributed by atoms with van der Waals surface area (Å²) in [5.41, 5.74) is 2.74. The first-order valence-corrected chi connectivity index (χ1v) is 9.26. The molecule has 6 heteroatoms. The van der Waals surface area contributed by atoms with Gasteiger partial charge in [0.2, 0.25) is 5.95 Å². The van der Waals surface area contributed by atoms with Crippen molar-refractivity contribution in [2.45, 2.75) is 6.54 Å². The van der Waals surface area contributed by atoms with Crippen LogP contribution in [-0.4, -0.2) is 17.1 Å². The minimum atomic E-state index is 0.490. The van der Waals surface area contributed by atoms with Crippen molar-refractivity contribution in [3.63, 3.8) is 0 Å². The molecule has 0 spiro atoms. The maximum Gasteiger partial charge on any atom is 0.229 e. The van der Waals surface area contributed by atoms with E-state index in [1.165, 1.54) is 0 Å². The molecule has 1 aromatic heterocycles. The average molecular weight is 391 g/mol. The van der Waals surface area contributed by atoms with Crippen LogP contribution in [0.25, 0.3) is 10.9 Å². The number of ether oxygens (including phenoxy) is 1. The van der Waals surface area contributed by atoms with E-state index >= 15 is 0 Å². The average Bonchev–Trinajstić information content (AvgIpc) is 2.74. The summed E-state index contributed by atoms with van der Waals surface area (Å²) in [6, 6.07) is 23.4. The van der Waals surface area contributed by atoms with Crippen LogP contribution in [0.1, 0.15) is 5.56 Å². The van der Waals surface area contributed by atoms with Gasteiger partial charge in [-0.05, 0) is 42.0 Å². The summed E-state index contributed by atoms with van der Waals surface area (Å²) in [6.45, 7) is 0.635. The number of halogens is 1. The van der Waals surface area contributed by atoms with Crippen molar-refractivity contribution >= 4 is 40.0 Å². The molecule has 0 atom stereocenters. The molecule has 140 valence electrons. The van der Waals surface area contributed by atoms with Crippen LogP contribution in [0, 0.1) is 0 Å². The SMILES string of the molecule is COc1ccc(CNc2nc(Nc3ccccc3Cl)nc3ccccc23)cc1. The normalized spacial score (nSPS) is 10.6. The van der Waals surface area contributed by atoms with Gasteiger partial charge in [0.1, 0.15) is 11.6 Å². The van der Waals surface area contributed by atoms with E-state index in [9.17, 15) is 0 Å². The third-order valence-corrected chi connectivity index (χ3v) is 4.67. The van der Waals surface area contributed by atoms with Crippen LogP contribution in [0.4, 0.5) is 17.5 Å². The number of fused-ring (bicyclic) bond motifs is 1. The summed E-state index contributed by atoms with van der Waals surface area (Å²) in [4.78, 5) is 9.28. The Morgan fingerprint density at radius 3 is 2.43 bits per heavy atom. The lowest BCUT2D eigenvalue weighted by Crippen LogP contribution is -2.06. The zero-order valence-electron chi connectivity index (χ0n) is 15.3. The summed E-state index contributed by atoms with van der Waals surface area (Å²) in [7, 11) is 1.66. The molecule has 0 radical (unpaired) electrons. The van der Waals surface area contributed by atoms with E-state index in [4.69, 9.17) is 16.3 Å². The Morgan fingerprint density at radius 2 is 1.64 bits per heavy atom. The molecule has 2 N–H and O–H groups in total. The molecule has 0 saturated heterocycles. The molecule has 0 saturated carbocycles. The van der Waals surface area contributed by atoms with Gasteiger partial charge in [0.05, 0.1) is 23.3 Å². The first kappa shape index (κ1) is 18.1. The van der Waals surface area contributed by atoms with Crippen LogP contribution >= 0.6 is 11.6 Å². The number of benzene rings is 3. The molecule has 4 rings (SSSR count). The Kier molecular flexibility index (Phi) is 5.26. The molecule has 0 aliphatic rings. The highest BCUT2D eigenvalue weighted by molar-refractivity contribution is 6.33. The van der Waals surface area contributed by atoms with Gasteiger partial charge in [-0.25, -0.2) is 4.98 Å². The van der Waals surface area contributed by atoms with Crippen LogP contribution in [0.2, 0.25) is 5.02 Å². The maximum atomic E-state index is 6.25. The Balaban J connectivity index is 1.63. The van der Waals surface area contributed by atoms with Crippen molar-refractivity contribution in [2.24, 2.45) is 0 Å². The van der Waals surface area contributed by atoms with Gasteiger partial charge in [-0.3, -0.25) is 0 Å². The highest BCUT2D eigenvalue weighted by atomic mass is 35.5. The lowest BCUT2D eigenvalue weighted by Gasteiger charge is -2.13. The second-order valence-corrected chi connectivity index (χ2v) is 6.63. The van der Waals surface area contributed by atoms with Crippen molar-refractivity contribution in [1.29, 1.82) is 0 Å². The van der Waals surface area contributed by atoms with E-state index in [0.717, 1.165) is 33.7 Å². The molecule has 3 aromatic carbocycles. The topological polar surface area (TPSA) is 59.1 Å². The van der Waals surface area contributed by atoms with Crippen LogP contribution in [0.15, 0.2) is 72.8 Å². The van der Waals surface area contributed by atoms with E-state index in [1.54, 1.807) is 7.11 Å². The minimum absolute atomic E-state index is 0.490. The third kappa shape index (κ3) is 4.00. The highest BCUT2D eigenvalue weighted by Gasteiger charge is 2.09. The number of hydrogen-bond donors (Lipinski definition) is 2. The number of hydrogen-bond acceptors (Lipinski definition) is 5. The second-order valence-electron chi connectivity index (χ2n) is 6.22. The van der Waals surface area contributed by atoms with Crippen molar-refractivity contribution in [3.8, 4) is 5.75 Å². The first-order chi connectivity index (χ1) is 13.7. The van der Waals surface area contributed by atoms with Crippen molar-refractivity contribution in [2.75, 3.05) is 17.7 Å². The van der Waals surface area contributed by atoms with Crippen molar-refractivity contribution < 1.29 is 4.74 Å². The fraction of sp³-hybridized carbons (Fsp3) is 0.0909. The Morgan fingerprint density at radius 1 is 0.893 bits per heavy atom. The summed E-state index contributed by atoms with van der Waals surface area (Å²) in [5.74, 6) is 2.09. The molecule has 5 nitrogen and oxygen atoms in total. The zero-order chi connectivity index (χ0) is 19.3. The summed E-state index contributed by atoms with van der Waals surface area (Å²) in [5, 5.41) is 8.20. The van der Waals surface area contributed by atoms with E-state index < -0.39 is 0 Å². The first-order valence-electron chi connectivity index (χ1n) is 8.88. The maximum absolute atomic E-state index is 6.25. The lowest BCUT2D eigenvalue weighted by molar-refractivity contribution is 0.414. The molecule has 1 heterocycles. The number of nitrogens with one attached hydrogen (secondary N) is 2. The molecular formula is C22H19ClN4O. The van der Waals surface area contributed by atoms with Crippen molar-refractivity contribution in [3.05, 3.63) is 83.4 Å². The van der Waals surface area contributed by atoms with Gasteiger partial charge in [0.25, 0.3) is 0 Å². The fourth-order valence-corrected chi connectivity index (χ4v) is 3.06. The van der Waals surface area contributed by atoms with Gasteiger partial charge >= 0.3 is 0 Å². The highest BCUT2D eigenvalue weighted by Crippen LogP contribution is 2.27. The molecule has 28 heavy (non-hydrogen) atoms. The second kappa shape index (κ2) is 8.15. The summed E-state index contributed by atoms with van der Waals surface area (Å²) >= 11 is 6.25. The molecular weight excluding hydrogens is 372 g/mol. The predicted molar refractivity (Wildman–Crippen MR) is 115 cm³/mol. The van der Waals surface area contributed by atoms with Crippen molar-refractivity contribution in [1.82, 2.24) is 9.97 Å². The van der Waals surface area contributed by atoms with Gasteiger partial charge in [-0.1, -0.05) is 48.0 Å². The van der Waals surface area contributed by atoms with Crippen LogP contribution in [0.3, 0.4) is 0 Å². The van der Waals surface area contributed by atoms with Gasteiger partial charge in [-0.15, -0.1) is 0 Å². The Bertz CT molecular complexity index is 1100. The lowest BCUT2D eigenvalue weighted by atomic mass is 10.2. The Labute approximate surface area is 168 Å². The van der Waals surface area contributed by atoms with E-state index in [1.807, 2.05) is 72.8 Å². The summed E-state index contributed by atoms with van der Waals surface area (Å²) < 4.78 is 5.21. The largest absolute Gasteiger partial charge is 0.497 e. The molecule has 0 amide bonds. The zero-order valence-corrected chi connectivity index (χ0v) is 16.1. The number of methoxy groups -OCH3 is 1. The minimum Gasteiger partial charge on any atom is -0.497 e.